The Kier molecular flexibility index (Phi) is 9.63. The molecule has 0 saturated heterocycles. The topological polar surface area (TPSA) is 221 Å². The molecule has 2 amide bonds. The number of nitrogens with one attached hydrogen (secondary N) is 3. The molecular formula is C20H18N6O10. The minimum absolute atomic E-state index is 0.0407. The fourth-order valence-electron chi connectivity index (χ4n) is 2.36. The molecule has 2 rings (SSSR count). The Balaban J connectivity index is 2.00. The molecule has 16 nitrogen and oxygen atoms in total. The third-order valence-electron chi connectivity index (χ3n) is 4.07. The summed E-state index contributed by atoms with van der Waals surface area (Å²) >= 11 is 0. The van der Waals surface area contributed by atoms with Crippen LogP contribution in [0.15, 0.2) is 53.5 Å². The van der Waals surface area contributed by atoms with E-state index in [0.717, 1.165) is 48.5 Å². The maximum atomic E-state index is 12.1. The molecule has 2 aromatic carbocycles. The van der Waals surface area contributed by atoms with Crippen LogP contribution in [0, 0.1) is 20.2 Å². The number of esters is 2. The van der Waals surface area contributed by atoms with Crippen LogP contribution in [0.3, 0.4) is 0 Å². The predicted octanol–water partition coefficient (Wildman–Crippen LogP) is 1.51. The van der Waals surface area contributed by atoms with Crippen molar-refractivity contribution in [1.82, 2.24) is 16.0 Å². The molecule has 2 aromatic rings. The van der Waals surface area contributed by atoms with Crippen molar-refractivity contribution in [3.63, 3.8) is 0 Å². The van der Waals surface area contributed by atoms with Gasteiger partial charge in [0.2, 0.25) is 5.96 Å². The number of carbonyl (C=O) groups is 4. The predicted molar refractivity (Wildman–Crippen MR) is 120 cm³/mol. The molecule has 0 aliphatic rings. The van der Waals surface area contributed by atoms with Crippen molar-refractivity contribution in [2.24, 2.45) is 4.99 Å². The van der Waals surface area contributed by atoms with Crippen molar-refractivity contribution in [3.8, 4) is 0 Å². The molecule has 0 bridgehead atoms. The fraction of sp³-hybridized carbons (Fsp3) is 0.150. The molecule has 0 saturated carbocycles. The zero-order valence-electron chi connectivity index (χ0n) is 18.5. The molecule has 0 aliphatic heterocycles. The van der Waals surface area contributed by atoms with E-state index in [1.165, 1.54) is 0 Å². The first-order valence-electron chi connectivity index (χ1n) is 9.85. The van der Waals surface area contributed by atoms with Gasteiger partial charge in [-0.3, -0.25) is 35.9 Å². The van der Waals surface area contributed by atoms with Crippen LogP contribution in [0.1, 0.15) is 20.7 Å². The highest BCUT2D eigenvalue weighted by molar-refractivity contribution is 6.07. The SMILES string of the molecule is CNCCN=C(NC(=O)OC(=O)c1ccc([N+](=O)[O-])cc1)NC(=O)OC(=O)c1ccc([N+](=O)[O-])cc1. The average molecular weight is 502 g/mol. The van der Waals surface area contributed by atoms with Crippen LogP contribution in [-0.2, 0) is 9.47 Å². The van der Waals surface area contributed by atoms with Crippen LogP contribution in [0.5, 0.6) is 0 Å². The summed E-state index contributed by atoms with van der Waals surface area (Å²) in [6.45, 7) is 0.361. The molecule has 16 heteroatoms. The van der Waals surface area contributed by atoms with Gasteiger partial charge in [-0.25, -0.2) is 19.2 Å². The highest BCUT2D eigenvalue weighted by Crippen LogP contribution is 2.13. The van der Waals surface area contributed by atoms with Crippen LogP contribution in [0.2, 0.25) is 0 Å². The van der Waals surface area contributed by atoms with E-state index in [2.05, 4.69) is 19.8 Å². The quantitative estimate of drug-likeness (QED) is 0.0936. The number of non-ortho nitro benzene ring substituents is 2. The molecule has 36 heavy (non-hydrogen) atoms. The van der Waals surface area contributed by atoms with Crippen molar-refractivity contribution < 1.29 is 38.5 Å². The monoisotopic (exact) mass is 502 g/mol. The fourth-order valence-corrected chi connectivity index (χ4v) is 2.36. The van der Waals surface area contributed by atoms with Crippen LogP contribution in [-0.4, -0.2) is 60.1 Å². The second-order valence-corrected chi connectivity index (χ2v) is 6.55. The number of ether oxygens (including phenoxy) is 2. The molecule has 188 valence electrons. The summed E-state index contributed by atoms with van der Waals surface area (Å²) in [6, 6.07) is 8.48. The number of nitro groups is 2. The van der Waals surface area contributed by atoms with Crippen molar-refractivity contribution in [2.45, 2.75) is 0 Å². The van der Waals surface area contributed by atoms with Gasteiger partial charge in [0.25, 0.3) is 11.4 Å². The van der Waals surface area contributed by atoms with Crippen molar-refractivity contribution in [3.05, 3.63) is 79.9 Å². The second-order valence-electron chi connectivity index (χ2n) is 6.55. The van der Waals surface area contributed by atoms with Crippen LogP contribution >= 0.6 is 0 Å². The molecule has 0 unspecified atom stereocenters. The summed E-state index contributed by atoms with van der Waals surface area (Å²) in [6.07, 6.45) is -2.72. The summed E-state index contributed by atoms with van der Waals surface area (Å²) in [4.78, 5) is 72.2. The zero-order valence-corrected chi connectivity index (χ0v) is 18.5. The maximum absolute atomic E-state index is 12.1. The molecule has 0 spiro atoms. The van der Waals surface area contributed by atoms with Crippen LogP contribution < -0.4 is 16.0 Å². The van der Waals surface area contributed by atoms with E-state index in [4.69, 9.17) is 0 Å². The first-order chi connectivity index (χ1) is 17.1. The van der Waals surface area contributed by atoms with E-state index in [1.807, 2.05) is 10.6 Å². The number of amides is 2. The Labute approximate surface area is 201 Å². The van der Waals surface area contributed by atoms with Crippen molar-refractivity contribution in [2.75, 3.05) is 20.1 Å². The van der Waals surface area contributed by atoms with Gasteiger partial charge in [0.15, 0.2) is 0 Å². The molecule has 3 N–H and O–H groups in total. The van der Waals surface area contributed by atoms with E-state index in [9.17, 15) is 39.4 Å². The van der Waals surface area contributed by atoms with Crippen molar-refractivity contribution >= 4 is 41.5 Å². The lowest BCUT2D eigenvalue weighted by Crippen LogP contribution is -2.45. The van der Waals surface area contributed by atoms with Gasteiger partial charge in [0.1, 0.15) is 0 Å². The zero-order chi connectivity index (χ0) is 26.7. The number of guanidine groups is 1. The summed E-state index contributed by atoms with van der Waals surface area (Å²) < 4.78 is 9.13. The van der Waals surface area contributed by atoms with Crippen LogP contribution in [0.25, 0.3) is 0 Å². The lowest BCUT2D eigenvalue weighted by atomic mass is 10.2. The summed E-state index contributed by atoms with van der Waals surface area (Å²) in [5, 5.41) is 28.1. The van der Waals surface area contributed by atoms with E-state index in [1.54, 1.807) is 7.05 Å². The summed E-state index contributed by atoms with van der Waals surface area (Å²) in [7, 11) is 1.62. The smallest absolute Gasteiger partial charge is 0.372 e. The molecule has 0 heterocycles. The number of nitro benzene ring substituents is 2. The van der Waals surface area contributed by atoms with E-state index >= 15 is 0 Å². The van der Waals surface area contributed by atoms with Gasteiger partial charge in [0, 0.05) is 30.8 Å². The maximum Gasteiger partial charge on any atom is 0.421 e. The number of nitrogens with zero attached hydrogens (tertiary/aromatic N) is 3. The third kappa shape index (κ3) is 8.27. The lowest BCUT2D eigenvalue weighted by Gasteiger charge is -2.10. The van der Waals surface area contributed by atoms with Gasteiger partial charge < -0.3 is 14.8 Å². The van der Waals surface area contributed by atoms with Gasteiger partial charge in [-0.15, -0.1) is 0 Å². The van der Waals surface area contributed by atoms with Crippen molar-refractivity contribution in [1.29, 1.82) is 0 Å². The Morgan fingerprint density at radius 1 is 0.778 bits per heavy atom. The highest BCUT2D eigenvalue weighted by atomic mass is 16.6. The van der Waals surface area contributed by atoms with Gasteiger partial charge in [-0.05, 0) is 31.3 Å². The van der Waals surface area contributed by atoms with Crippen LogP contribution in [0.4, 0.5) is 21.0 Å². The Morgan fingerprint density at radius 3 is 1.50 bits per heavy atom. The second kappa shape index (κ2) is 12.8. The number of alkyl carbamates (subject to hydrolysis) is 2. The van der Waals surface area contributed by atoms with Gasteiger partial charge >= 0.3 is 24.1 Å². The summed E-state index contributed by atoms with van der Waals surface area (Å²) in [5.74, 6) is -2.81. The molecule has 0 atom stereocenters. The number of rotatable bonds is 7. The first kappa shape index (κ1) is 27.0. The number of hydrogen-bond donors (Lipinski definition) is 3. The molecular weight excluding hydrogens is 484 g/mol. The minimum atomic E-state index is -1.36. The van der Waals surface area contributed by atoms with E-state index in [-0.39, 0.29) is 29.0 Å². The number of carbonyl (C=O) groups excluding carboxylic acids is 4. The standard InChI is InChI=1S/C20H18N6O10/c1-21-10-11-22-18(23-19(29)35-16(27)12-2-6-14(7-3-12)25(31)32)24-20(30)36-17(28)13-4-8-15(9-5-13)26(33)34/h2-9,21H,10-11H2,1H3,(H2,22,23,24,29,30). The number of likely N-dealkylation sites (N-methyl/N-ethyl adjacent to an activating group) is 1. The Hall–Kier alpha value is -5.25. The Bertz CT molecular complexity index is 1110. The Morgan fingerprint density at radius 2 is 1.17 bits per heavy atom. The molecule has 0 aromatic heterocycles. The average Bonchev–Trinajstić information content (AvgIpc) is 2.84. The molecule has 0 radical (unpaired) electrons. The third-order valence-corrected chi connectivity index (χ3v) is 4.07. The summed E-state index contributed by atoms with van der Waals surface area (Å²) in [5.41, 5.74) is -0.877. The van der Waals surface area contributed by atoms with Gasteiger partial charge in [-0.2, -0.15) is 0 Å². The first-order valence-corrected chi connectivity index (χ1v) is 9.85. The number of aliphatic imine (C=N–C) groups is 1. The van der Waals surface area contributed by atoms with E-state index < -0.39 is 39.9 Å². The number of benzene rings is 2. The normalized spacial score (nSPS) is 9.92. The van der Waals surface area contributed by atoms with Gasteiger partial charge in [-0.1, -0.05) is 0 Å². The molecule has 0 aliphatic carbocycles. The lowest BCUT2D eigenvalue weighted by molar-refractivity contribution is -0.385. The van der Waals surface area contributed by atoms with Gasteiger partial charge in [0.05, 0.1) is 27.5 Å². The largest absolute Gasteiger partial charge is 0.421 e. The minimum Gasteiger partial charge on any atom is -0.372 e. The highest BCUT2D eigenvalue weighted by Gasteiger charge is 2.20. The van der Waals surface area contributed by atoms with E-state index in [0.29, 0.717) is 6.54 Å². The molecule has 0 fully saturated rings. The number of hydrogen-bond acceptors (Lipinski definition) is 12.